The van der Waals surface area contributed by atoms with E-state index in [1.165, 1.54) is 6.07 Å². The Balaban J connectivity index is 2.83. The molecule has 2 rings (SSSR count). The lowest BCUT2D eigenvalue weighted by Crippen LogP contribution is -2.08. The van der Waals surface area contributed by atoms with Crippen molar-refractivity contribution in [3.05, 3.63) is 46.0 Å². The minimum Gasteiger partial charge on any atom is -0.508 e. The summed E-state index contributed by atoms with van der Waals surface area (Å²) in [4.78, 5) is -0.0841. The normalized spacial score (nSPS) is 11.7. The molecule has 0 saturated carbocycles. The maximum absolute atomic E-state index is 13.0. The summed E-state index contributed by atoms with van der Waals surface area (Å²) in [7, 11) is -3.92. The van der Waals surface area contributed by atoms with Gasteiger partial charge in [0.1, 0.15) is 16.4 Å². The van der Waals surface area contributed by atoms with Crippen LogP contribution in [0.2, 0.25) is 0 Å². The molecule has 0 bridgehead atoms. The molecule has 0 fully saturated rings. The summed E-state index contributed by atoms with van der Waals surface area (Å²) in [5.74, 6) is -0.304. The van der Waals surface area contributed by atoms with Gasteiger partial charge in [-0.1, -0.05) is 12.1 Å². The summed E-state index contributed by atoms with van der Waals surface area (Å²) in [6, 6.07) is 4.61. The number of hydrogen-bond donors (Lipinski definition) is 2. The number of aromatic hydroxyl groups is 2. The highest BCUT2D eigenvalue weighted by Gasteiger charge is 2.27. The Morgan fingerprint density at radius 1 is 0.773 bits per heavy atom. The maximum Gasteiger partial charge on any atom is 0.210 e. The highest BCUT2D eigenvalue weighted by Crippen LogP contribution is 2.38. The van der Waals surface area contributed by atoms with Gasteiger partial charge in [0.25, 0.3) is 0 Å². The molecule has 0 aromatic heterocycles. The summed E-state index contributed by atoms with van der Waals surface area (Å²) in [5.41, 5.74) is 3.00. The standard InChI is InChI=1S/C17H20O4S/c1-9-6-12(4)17(16(19)13(9)5)22(20,21)15-8-14(18)10(2)7-11(15)3/h6-8,18-19H,1-5H3. The number of rotatable bonds is 2. The number of aryl methyl sites for hydroxylation is 4. The molecular formula is C17H20O4S. The molecule has 4 nitrogen and oxygen atoms in total. The molecule has 0 radical (unpaired) electrons. The first-order valence-corrected chi connectivity index (χ1v) is 8.40. The predicted octanol–water partition coefficient (Wildman–Crippen LogP) is 3.47. The molecule has 0 aliphatic heterocycles. The molecule has 5 heteroatoms. The van der Waals surface area contributed by atoms with Crippen LogP contribution in [0, 0.1) is 34.6 Å². The Morgan fingerprint density at radius 3 is 1.91 bits per heavy atom. The number of phenols is 2. The van der Waals surface area contributed by atoms with Crippen molar-refractivity contribution in [1.29, 1.82) is 0 Å². The van der Waals surface area contributed by atoms with Gasteiger partial charge in [0.15, 0.2) is 0 Å². The molecule has 0 saturated heterocycles. The van der Waals surface area contributed by atoms with E-state index in [4.69, 9.17) is 0 Å². The van der Waals surface area contributed by atoms with Gasteiger partial charge in [-0.05, 0) is 68.5 Å². The van der Waals surface area contributed by atoms with Crippen LogP contribution in [-0.2, 0) is 9.84 Å². The van der Waals surface area contributed by atoms with Gasteiger partial charge in [-0.2, -0.15) is 0 Å². The summed E-state index contributed by atoms with van der Waals surface area (Å²) in [6.07, 6.45) is 0. The Labute approximate surface area is 131 Å². The Hall–Kier alpha value is -2.01. The number of phenolic OH excluding ortho intramolecular Hbond substituents is 2. The fourth-order valence-corrected chi connectivity index (χ4v) is 4.46. The van der Waals surface area contributed by atoms with Crippen LogP contribution in [0.1, 0.15) is 27.8 Å². The third-order valence-electron chi connectivity index (χ3n) is 4.00. The van der Waals surface area contributed by atoms with E-state index in [9.17, 15) is 18.6 Å². The Morgan fingerprint density at radius 2 is 1.32 bits per heavy atom. The number of benzene rings is 2. The molecule has 0 heterocycles. The minimum absolute atomic E-state index is 0.0113. The van der Waals surface area contributed by atoms with Crippen LogP contribution in [0.5, 0.6) is 11.5 Å². The van der Waals surface area contributed by atoms with Gasteiger partial charge in [-0.15, -0.1) is 0 Å². The van der Waals surface area contributed by atoms with Gasteiger partial charge in [-0.25, -0.2) is 8.42 Å². The summed E-state index contributed by atoms with van der Waals surface area (Å²) in [6.45, 7) is 8.54. The van der Waals surface area contributed by atoms with Crippen molar-refractivity contribution in [1.82, 2.24) is 0 Å². The van der Waals surface area contributed by atoms with Crippen molar-refractivity contribution >= 4 is 9.84 Å². The van der Waals surface area contributed by atoms with Crippen LogP contribution in [-0.4, -0.2) is 18.6 Å². The molecule has 2 aromatic carbocycles. The van der Waals surface area contributed by atoms with Crippen LogP contribution in [0.25, 0.3) is 0 Å². The van der Waals surface area contributed by atoms with E-state index in [2.05, 4.69) is 0 Å². The molecule has 2 N–H and O–H groups in total. The maximum atomic E-state index is 13.0. The third kappa shape index (κ3) is 2.46. The lowest BCUT2D eigenvalue weighted by Gasteiger charge is -2.16. The summed E-state index contributed by atoms with van der Waals surface area (Å²) >= 11 is 0. The molecule has 0 atom stereocenters. The van der Waals surface area contributed by atoms with E-state index in [-0.39, 0.29) is 21.3 Å². The van der Waals surface area contributed by atoms with E-state index >= 15 is 0 Å². The Kier molecular flexibility index (Phi) is 3.96. The largest absolute Gasteiger partial charge is 0.508 e. The van der Waals surface area contributed by atoms with Gasteiger partial charge < -0.3 is 10.2 Å². The van der Waals surface area contributed by atoms with Crippen molar-refractivity contribution in [2.75, 3.05) is 0 Å². The van der Waals surface area contributed by atoms with Gasteiger partial charge >= 0.3 is 0 Å². The Bertz CT molecular complexity index is 865. The smallest absolute Gasteiger partial charge is 0.210 e. The second kappa shape index (κ2) is 5.32. The number of sulfone groups is 1. The highest BCUT2D eigenvalue weighted by molar-refractivity contribution is 7.91. The lowest BCUT2D eigenvalue weighted by molar-refractivity contribution is 0.452. The zero-order valence-corrected chi connectivity index (χ0v) is 14.2. The van der Waals surface area contributed by atoms with E-state index < -0.39 is 9.84 Å². The second-order valence-corrected chi connectivity index (χ2v) is 7.58. The molecule has 0 aliphatic carbocycles. The van der Waals surface area contributed by atoms with E-state index in [0.717, 1.165) is 5.56 Å². The molecule has 0 aliphatic rings. The van der Waals surface area contributed by atoms with E-state index in [1.54, 1.807) is 39.8 Å². The van der Waals surface area contributed by atoms with Gasteiger partial charge in [0.05, 0.1) is 4.90 Å². The van der Waals surface area contributed by atoms with Crippen molar-refractivity contribution in [3.8, 4) is 11.5 Å². The van der Waals surface area contributed by atoms with Gasteiger partial charge in [0.2, 0.25) is 9.84 Å². The summed E-state index contributed by atoms with van der Waals surface area (Å²) < 4.78 is 25.9. The van der Waals surface area contributed by atoms with Crippen LogP contribution < -0.4 is 0 Å². The van der Waals surface area contributed by atoms with Crippen molar-refractivity contribution in [2.24, 2.45) is 0 Å². The first kappa shape index (κ1) is 16.4. The molecule has 118 valence electrons. The van der Waals surface area contributed by atoms with Gasteiger partial charge in [-0.3, -0.25) is 0 Å². The van der Waals surface area contributed by atoms with Crippen molar-refractivity contribution in [3.63, 3.8) is 0 Å². The molecule has 0 amide bonds. The molecular weight excluding hydrogens is 300 g/mol. The highest BCUT2D eigenvalue weighted by atomic mass is 32.2. The average molecular weight is 320 g/mol. The van der Waals surface area contributed by atoms with Crippen LogP contribution in [0.15, 0.2) is 28.0 Å². The molecule has 0 unspecified atom stereocenters. The predicted molar refractivity (Wildman–Crippen MR) is 85.4 cm³/mol. The average Bonchev–Trinajstić information content (AvgIpc) is 2.39. The number of hydrogen-bond acceptors (Lipinski definition) is 4. The lowest BCUT2D eigenvalue weighted by atomic mass is 10.1. The van der Waals surface area contributed by atoms with Crippen LogP contribution in [0.4, 0.5) is 0 Å². The molecule has 0 spiro atoms. The first-order valence-electron chi connectivity index (χ1n) is 6.92. The zero-order valence-electron chi connectivity index (χ0n) is 13.4. The fraction of sp³-hybridized carbons (Fsp3) is 0.294. The van der Waals surface area contributed by atoms with Crippen LogP contribution in [0.3, 0.4) is 0 Å². The minimum atomic E-state index is -3.92. The van der Waals surface area contributed by atoms with Crippen LogP contribution >= 0.6 is 0 Å². The topological polar surface area (TPSA) is 74.6 Å². The monoisotopic (exact) mass is 320 g/mol. The molecule has 22 heavy (non-hydrogen) atoms. The second-order valence-electron chi connectivity index (χ2n) is 5.72. The van der Waals surface area contributed by atoms with Crippen molar-refractivity contribution < 1.29 is 18.6 Å². The quantitative estimate of drug-likeness (QED) is 0.888. The SMILES string of the molecule is Cc1cc(C)c(S(=O)(=O)c2c(C)cc(C)c(C)c2O)cc1O. The van der Waals surface area contributed by atoms with Gasteiger partial charge in [0, 0.05) is 0 Å². The fourth-order valence-electron chi connectivity index (χ4n) is 2.60. The van der Waals surface area contributed by atoms with Crippen molar-refractivity contribution in [2.45, 2.75) is 44.4 Å². The summed E-state index contributed by atoms with van der Waals surface area (Å²) in [5, 5.41) is 20.2. The third-order valence-corrected chi connectivity index (χ3v) is 6.08. The zero-order chi connectivity index (χ0) is 16.8. The first-order chi connectivity index (χ1) is 10.1. The van der Waals surface area contributed by atoms with E-state index in [0.29, 0.717) is 22.3 Å². The molecule has 2 aromatic rings. The van der Waals surface area contributed by atoms with E-state index in [1.807, 2.05) is 6.92 Å².